The molecule has 0 heterocycles. The van der Waals surface area contributed by atoms with Gasteiger partial charge in [-0.3, -0.25) is 0 Å². The first-order valence-corrected chi connectivity index (χ1v) is 6.22. The lowest BCUT2D eigenvalue weighted by Gasteiger charge is -2.25. The standard InChI is InChI=1S/C13H25N/c1-3-8-12-9-6-5-7-10-13(12)14-11-4-2/h3,12-14H,1,4-11H2,2H3. The minimum atomic E-state index is 0.760. The van der Waals surface area contributed by atoms with E-state index in [0.29, 0.717) is 0 Å². The topological polar surface area (TPSA) is 12.0 Å². The van der Waals surface area contributed by atoms with Gasteiger partial charge in [0.15, 0.2) is 0 Å². The Labute approximate surface area is 89.0 Å². The first-order chi connectivity index (χ1) is 6.88. The van der Waals surface area contributed by atoms with E-state index in [0.717, 1.165) is 12.0 Å². The molecule has 2 atom stereocenters. The molecule has 2 unspecified atom stereocenters. The Balaban J connectivity index is 2.40. The molecule has 0 bridgehead atoms. The molecule has 1 aliphatic rings. The van der Waals surface area contributed by atoms with E-state index in [4.69, 9.17) is 0 Å². The van der Waals surface area contributed by atoms with Gasteiger partial charge >= 0.3 is 0 Å². The molecule has 0 aromatic heterocycles. The lowest BCUT2D eigenvalue weighted by Crippen LogP contribution is -2.35. The Morgan fingerprint density at radius 1 is 1.29 bits per heavy atom. The lowest BCUT2D eigenvalue weighted by molar-refractivity contribution is 0.337. The summed E-state index contributed by atoms with van der Waals surface area (Å²) in [5.41, 5.74) is 0. The maximum atomic E-state index is 3.87. The monoisotopic (exact) mass is 195 g/mol. The van der Waals surface area contributed by atoms with Crippen LogP contribution in [0, 0.1) is 5.92 Å². The Morgan fingerprint density at radius 3 is 2.79 bits per heavy atom. The van der Waals surface area contributed by atoms with Gasteiger partial charge in [0.05, 0.1) is 0 Å². The Bertz CT molecular complexity index is 153. The third-order valence-corrected chi connectivity index (χ3v) is 3.29. The highest BCUT2D eigenvalue weighted by Gasteiger charge is 2.21. The van der Waals surface area contributed by atoms with E-state index in [1.807, 2.05) is 0 Å². The summed E-state index contributed by atoms with van der Waals surface area (Å²) in [7, 11) is 0. The van der Waals surface area contributed by atoms with Gasteiger partial charge in [-0.15, -0.1) is 6.58 Å². The second kappa shape index (κ2) is 7.05. The summed E-state index contributed by atoms with van der Waals surface area (Å²) in [5, 5.41) is 3.70. The second-order valence-electron chi connectivity index (χ2n) is 4.48. The number of hydrogen-bond acceptors (Lipinski definition) is 1. The molecular weight excluding hydrogens is 170 g/mol. The van der Waals surface area contributed by atoms with Gasteiger partial charge in [-0.05, 0) is 38.1 Å². The van der Waals surface area contributed by atoms with Crippen molar-refractivity contribution in [1.82, 2.24) is 5.32 Å². The molecule has 0 radical (unpaired) electrons. The van der Waals surface area contributed by atoms with Crippen molar-refractivity contribution in [3.05, 3.63) is 12.7 Å². The highest BCUT2D eigenvalue weighted by molar-refractivity contribution is 4.84. The van der Waals surface area contributed by atoms with Gasteiger partial charge in [0.1, 0.15) is 0 Å². The summed E-state index contributed by atoms with van der Waals surface area (Å²) >= 11 is 0. The van der Waals surface area contributed by atoms with Crippen LogP contribution in [-0.4, -0.2) is 12.6 Å². The van der Waals surface area contributed by atoms with Crippen LogP contribution in [0.3, 0.4) is 0 Å². The normalized spacial score (nSPS) is 28.4. The molecular formula is C13H25N. The highest BCUT2D eigenvalue weighted by atomic mass is 14.9. The molecule has 14 heavy (non-hydrogen) atoms. The maximum absolute atomic E-state index is 3.87. The fourth-order valence-corrected chi connectivity index (χ4v) is 2.48. The summed E-state index contributed by atoms with van der Waals surface area (Å²) in [5.74, 6) is 0.849. The summed E-state index contributed by atoms with van der Waals surface area (Å²) < 4.78 is 0. The van der Waals surface area contributed by atoms with Crippen LogP contribution in [0.1, 0.15) is 51.9 Å². The van der Waals surface area contributed by atoms with E-state index in [1.165, 1.54) is 51.5 Å². The van der Waals surface area contributed by atoms with Crippen molar-refractivity contribution >= 4 is 0 Å². The van der Waals surface area contributed by atoms with Gasteiger partial charge in [0, 0.05) is 6.04 Å². The molecule has 0 spiro atoms. The maximum Gasteiger partial charge on any atom is 0.00982 e. The molecule has 0 aromatic rings. The average molecular weight is 195 g/mol. The lowest BCUT2D eigenvalue weighted by atomic mass is 9.91. The van der Waals surface area contributed by atoms with Crippen LogP contribution in [0.4, 0.5) is 0 Å². The SMILES string of the molecule is C=CCC1CCCCCC1NCCC. The Hall–Kier alpha value is -0.300. The first kappa shape index (κ1) is 11.8. The van der Waals surface area contributed by atoms with Crippen LogP contribution in [0.15, 0.2) is 12.7 Å². The van der Waals surface area contributed by atoms with Gasteiger partial charge in [-0.1, -0.05) is 32.3 Å². The first-order valence-electron chi connectivity index (χ1n) is 6.22. The molecule has 0 aliphatic heterocycles. The van der Waals surface area contributed by atoms with Crippen LogP contribution >= 0.6 is 0 Å². The zero-order valence-electron chi connectivity index (χ0n) is 9.60. The van der Waals surface area contributed by atoms with Crippen LogP contribution < -0.4 is 5.32 Å². The van der Waals surface area contributed by atoms with Crippen LogP contribution in [-0.2, 0) is 0 Å². The van der Waals surface area contributed by atoms with Crippen molar-refractivity contribution in [3.63, 3.8) is 0 Å². The van der Waals surface area contributed by atoms with Crippen LogP contribution in [0.2, 0.25) is 0 Å². The van der Waals surface area contributed by atoms with Crippen molar-refractivity contribution < 1.29 is 0 Å². The van der Waals surface area contributed by atoms with Crippen LogP contribution in [0.5, 0.6) is 0 Å². The molecule has 1 fully saturated rings. The minimum Gasteiger partial charge on any atom is -0.314 e. The zero-order chi connectivity index (χ0) is 10.2. The molecule has 1 N–H and O–H groups in total. The molecule has 1 heteroatoms. The van der Waals surface area contributed by atoms with E-state index in [9.17, 15) is 0 Å². The average Bonchev–Trinajstić information content (AvgIpc) is 2.41. The molecule has 1 saturated carbocycles. The van der Waals surface area contributed by atoms with E-state index in [2.05, 4.69) is 24.9 Å². The van der Waals surface area contributed by atoms with Crippen molar-refractivity contribution in [3.8, 4) is 0 Å². The van der Waals surface area contributed by atoms with Gasteiger partial charge < -0.3 is 5.32 Å². The smallest absolute Gasteiger partial charge is 0.00982 e. The Kier molecular flexibility index (Phi) is 5.93. The van der Waals surface area contributed by atoms with Crippen LogP contribution in [0.25, 0.3) is 0 Å². The Morgan fingerprint density at radius 2 is 2.07 bits per heavy atom. The van der Waals surface area contributed by atoms with Gasteiger partial charge in [0.25, 0.3) is 0 Å². The summed E-state index contributed by atoms with van der Waals surface area (Å²) in [6.07, 6.45) is 11.6. The largest absolute Gasteiger partial charge is 0.314 e. The third-order valence-electron chi connectivity index (χ3n) is 3.29. The fourth-order valence-electron chi connectivity index (χ4n) is 2.48. The van der Waals surface area contributed by atoms with E-state index < -0.39 is 0 Å². The summed E-state index contributed by atoms with van der Waals surface area (Å²) in [4.78, 5) is 0. The van der Waals surface area contributed by atoms with Gasteiger partial charge in [0.2, 0.25) is 0 Å². The second-order valence-corrected chi connectivity index (χ2v) is 4.48. The van der Waals surface area contributed by atoms with E-state index in [1.54, 1.807) is 0 Å². The molecule has 1 aliphatic carbocycles. The molecule has 82 valence electrons. The van der Waals surface area contributed by atoms with Crippen molar-refractivity contribution in [2.75, 3.05) is 6.54 Å². The van der Waals surface area contributed by atoms with E-state index in [-0.39, 0.29) is 0 Å². The molecule has 0 amide bonds. The molecule has 1 rings (SSSR count). The number of hydrogen-bond donors (Lipinski definition) is 1. The predicted molar refractivity (Wildman–Crippen MR) is 63.5 cm³/mol. The van der Waals surface area contributed by atoms with Crippen molar-refractivity contribution in [2.45, 2.75) is 57.9 Å². The van der Waals surface area contributed by atoms with Gasteiger partial charge in [-0.25, -0.2) is 0 Å². The van der Waals surface area contributed by atoms with Gasteiger partial charge in [-0.2, -0.15) is 0 Å². The molecule has 0 aromatic carbocycles. The van der Waals surface area contributed by atoms with Crippen molar-refractivity contribution in [1.29, 1.82) is 0 Å². The van der Waals surface area contributed by atoms with Crippen molar-refractivity contribution in [2.24, 2.45) is 5.92 Å². The van der Waals surface area contributed by atoms with E-state index >= 15 is 0 Å². The molecule has 1 nitrogen and oxygen atoms in total. The number of allylic oxidation sites excluding steroid dienone is 1. The zero-order valence-corrected chi connectivity index (χ0v) is 9.60. The quantitative estimate of drug-likeness (QED) is 0.523. The summed E-state index contributed by atoms with van der Waals surface area (Å²) in [6, 6.07) is 0.760. The number of nitrogens with one attached hydrogen (secondary N) is 1. The highest BCUT2D eigenvalue weighted by Crippen LogP contribution is 2.26. The number of rotatable bonds is 5. The fraction of sp³-hybridized carbons (Fsp3) is 0.846. The minimum absolute atomic E-state index is 0.760. The summed E-state index contributed by atoms with van der Waals surface area (Å²) in [6.45, 7) is 7.29. The third kappa shape index (κ3) is 3.83. The molecule has 0 saturated heterocycles. The predicted octanol–water partition coefficient (Wildman–Crippen LogP) is 3.51.